The van der Waals surface area contributed by atoms with Crippen LogP contribution in [-0.2, 0) is 13.0 Å². The third kappa shape index (κ3) is 3.47. The quantitative estimate of drug-likeness (QED) is 0.567. The van der Waals surface area contributed by atoms with Crippen LogP contribution in [0.25, 0.3) is 17.3 Å². The Morgan fingerprint density at radius 1 is 1.00 bits per heavy atom. The first-order chi connectivity index (χ1) is 14.8. The highest BCUT2D eigenvalue weighted by Crippen LogP contribution is 2.27. The smallest absolute Gasteiger partial charge is 0.276 e. The monoisotopic (exact) mass is 399 g/mol. The Morgan fingerprint density at radius 2 is 1.83 bits per heavy atom. The number of nitrogens with zero attached hydrogens (tertiary/aromatic N) is 6. The zero-order valence-corrected chi connectivity index (χ0v) is 16.4. The number of amides is 1. The van der Waals surface area contributed by atoms with E-state index in [0.717, 1.165) is 49.3 Å². The molecule has 8 heteroatoms. The number of hydrogen-bond donors (Lipinski definition) is 1. The van der Waals surface area contributed by atoms with Gasteiger partial charge < -0.3 is 9.88 Å². The van der Waals surface area contributed by atoms with E-state index < -0.39 is 0 Å². The molecular weight excluding hydrogens is 378 g/mol. The molecule has 0 aliphatic carbocycles. The molecule has 0 saturated heterocycles. The Labute approximate surface area is 173 Å². The van der Waals surface area contributed by atoms with Crippen molar-refractivity contribution in [1.82, 2.24) is 29.3 Å². The van der Waals surface area contributed by atoms with Gasteiger partial charge in [-0.3, -0.25) is 4.79 Å². The summed E-state index contributed by atoms with van der Waals surface area (Å²) < 4.78 is 3.73. The van der Waals surface area contributed by atoms with Crippen LogP contribution in [0.1, 0.15) is 35.4 Å². The number of anilines is 1. The number of hydrogen-bond acceptors (Lipinski definition) is 5. The lowest BCUT2D eigenvalue weighted by Crippen LogP contribution is -2.15. The summed E-state index contributed by atoms with van der Waals surface area (Å²) >= 11 is 0. The third-order valence-electron chi connectivity index (χ3n) is 5.21. The second kappa shape index (κ2) is 7.90. The summed E-state index contributed by atoms with van der Waals surface area (Å²) in [6.45, 7) is 0.878. The lowest BCUT2D eigenvalue weighted by atomic mass is 10.1. The molecule has 1 aromatic carbocycles. The summed E-state index contributed by atoms with van der Waals surface area (Å²) in [5.74, 6) is 1.07. The number of fused-ring (bicyclic) bond motifs is 1. The summed E-state index contributed by atoms with van der Waals surface area (Å²) in [6, 6.07) is 11.8. The van der Waals surface area contributed by atoms with Crippen molar-refractivity contribution >= 4 is 11.6 Å². The van der Waals surface area contributed by atoms with Crippen molar-refractivity contribution in [3.63, 3.8) is 0 Å². The van der Waals surface area contributed by atoms with Gasteiger partial charge in [-0.2, -0.15) is 5.10 Å². The molecule has 1 N–H and O–H groups in total. The fraction of sp³-hybridized carbons (Fsp3) is 0.227. The predicted octanol–water partition coefficient (Wildman–Crippen LogP) is 3.50. The van der Waals surface area contributed by atoms with Gasteiger partial charge in [-0.05, 0) is 25.3 Å². The molecule has 0 unspecified atom stereocenters. The number of benzene rings is 1. The van der Waals surface area contributed by atoms with Crippen molar-refractivity contribution in [2.75, 3.05) is 5.32 Å². The largest absolute Gasteiger partial charge is 0.327 e. The summed E-state index contributed by atoms with van der Waals surface area (Å²) in [6.07, 6.45) is 10.7. The van der Waals surface area contributed by atoms with Crippen LogP contribution >= 0.6 is 0 Å². The third-order valence-corrected chi connectivity index (χ3v) is 5.21. The molecule has 0 saturated carbocycles. The molecule has 0 spiro atoms. The molecular formula is C22H21N7O. The van der Waals surface area contributed by atoms with Gasteiger partial charge in [0.2, 0.25) is 5.95 Å². The van der Waals surface area contributed by atoms with Gasteiger partial charge in [0.1, 0.15) is 11.5 Å². The molecule has 1 aliphatic rings. The minimum absolute atomic E-state index is 0.226. The Hall–Kier alpha value is -3.81. The van der Waals surface area contributed by atoms with Crippen molar-refractivity contribution in [2.45, 2.75) is 32.2 Å². The molecule has 0 atom stereocenters. The van der Waals surface area contributed by atoms with Crippen molar-refractivity contribution in [3.05, 3.63) is 72.6 Å². The maximum Gasteiger partial charge on any atom is 0.276 e. The SMILES string of the molecule is O=C(Nc1cnn(-c2ncccn2)c1)c1nc(-c2ccccc2)n2c1CCCCC2. The Bertz CT molecular complexity index is 1160. The molecule has 5 rings (SSSR count). The van der Waals surface area contributed by atoms with Crippen LogP contribution in [0, 0.1) is 0 Å². The molecule has 1 aliphatic heterocycles. The standard InChI is InChI=1S/C22H21N7O/c30-21(26-17-14-25-29(15-17)22-23-11-7-12-24-22)19-18-10-5-2-6-13-28(18)20(27-19)16-8-3-1-4-9-16/h1,3-4,7-9,11-12,14-15H,2,5-6,10,13H2,(H,26,30). The van der Waals surface area contributed by atoms with Crippen LogP contribution in [0.3, 0.4) is 0 Å². The van der Waals surface area contributed by atoms with E-state index in [-0.39, 0.29) is 5.91 Å². The Morgan fingerprint density at radius 3 is 2.67 bits per heavy atom. The van der Waals surface area contributed by atoms with Crippen LogP contribution in [0.2, 0.25) is 0 Å². The Kier molecular flexibility index (Phi) is 4.80. The number of nitrogens with one attached hydrogen (secondary N) is 1. The first kappa shape index (κ1) is 18.2. The fourth-order valence-electron chi connectivity index (χ4n) is 3.81. The molecule has 4 aromatic rings. The second-order valence-electron chi connectivity index (χ2n) is 7.24. The zero-order chi connectivity index (χ0) is 20.3. The van der Waals surface area contributed by atoms with E-state index in [9.17, 15) is 4.79 Å². The van der Waals surface area contributed by atoms with Crippen LogP contribution in [0.15, 0.2) is 61.2 Å². The lowest BCUT2D eigenvalue weighted by molar-refractivity contribution is 0.102. The van der Waals surface area contributed by atoms with E-state index in [1.807, 2.05) is 30.3 Å². The van der Waals surface area contributed by atoms with Gasteiger partial charge in [0, 0.05) is 24.5 Å². The molecule has 0 fully saturated rings. The molecule has 4 heterocycles. The van der Waals surface area contributed by atoms with Crippen LogP contribution in [0.4, 0.5) is 5.69 Å². The highest BCUT2D eigenvalue weighted by Gasteiger charge is 2.24. The maximum atomic E-state index is 13.1. The highest BCUT2D eigenvalue weighted by molar-refractivity contribution is 6.04. The van der Waals surface area contributed by atoms with Crippen LogP contribution in [-0.4, -0.2) is 35.2 Å². The van der Waals surface area contributed by atoms with Gasteiger partial charge in [0.15, 0.2) is 0 Å². The van der Waals surface area contributed by atoms with Crippen LogP contribution < -0.4 is 5.32 Å². The number of aromatic nitrogens is 6. The van der Waals surface area contributed by atoms with Gasteiger partial charge in [0.25, 0.3) is 5.91 Å². The minimum atomic E-state index is -0.226. The van der Waals surface area contributed by atoms with E-state index in [1.54, 1.807) is 30.9 Å². The van der Waals surface area contributed by atoms with Crippen molar-refractivity contribution in [2.24, 2.45) is 0 Å². The van der Waals surface area contributed by atoms with Gasteiger partial charge in [-0.1, -0.05) is 36.8 Å². The summed E-state index contributed by atoms with van der Waals surface area (Å²) in [5.41, 5.74) is 3.08. The summed E-state index contributed by atoms with van der Waals surface area (Å²) in [7, 11) is 0. The number of carbonyl (C=O) groups excluding carboxylic acids is 1. The van der Waals surface area contributed by atoms with E-state index in [0.29, 0.717) is 17.3 Å². The average molecular weight is 399 g/mol. The second-order valence-corrected chi connectivity index (χ2v) is 7.24. The molecule has 3 aromatic heterocycles. The number of carbonyl (C=O) groups is 1. The molecule has 0 bridgehead atoms. The molecule has 150 valence electrons. The topological polar surface area (TPSA) is 90.5 Å². The van der Waals surface area contributed by atoms with E-state index >= 15 is 0 Å². The van der Waals surface area contributed by atoms with Gasteiger partial charge in [0.05, 0.1) is 23.8 Å². The molecule has 8 nitrogen and oxygen atoms in total. The van der Waals surface area contributed by atoms with E-state index in [2.05, 4.69) is 25.0 Å². The normalized spacial score (nSPS) is 13.5. The van der Waals surface area contributed by atoms with E-state index in [4.69, 9.17) is 4.98 Å². The first-order valence-electron chi connectivity index (χ1n) is 10.1. The van der Waals surface area contributed by atoms with Gasteiger partial charge in [-0.15, -0.1) is 0 Å². The van der Waals surface area contributed by atoms with Crippen molar-refractivity contribution in [3.8, 4) is 17.3 Å². The van der Waals surface area contributed by atoms with Crippen molar-refractivity contribution < 1.29 is 4.79 Å². The molecule has 30 heavy (non-hydrogen) atoms. The van der Waals surface area contributed by atoms with Gasteiger partial charge in [-0.25, -0.2) is 19.6 Å². The fourth-order valence-corrected chi connectivity index (χ4v) is 3.81. The maximum absolute atomic E-state index is 13.1. The molecule has 1 amide bonds. The summed E-state index contributed by atoms with van der Waals surface area (Å²) in [5, 5.41) is 7.17. The minimum Gasteiger partial charge on any atom is -0.327 e. The zero-order valence-electron chi connectivity index (χ0n) is 16.4. The molecule has 0 radical (unpaired) electrons. The predicted molar refractivity (Wildman–Crippen MR) is 112 cm³/mol. The van der Waals surface area contributed by atoms with Crippen molar-refractivity contribution in [1.29, 1.82) is 0 Å². The van der Waals surface area contributed by atoms with Crippen LogP contribution in [0.5, 0.6) is 0 Å². The first-order valence-corrected chi connectivity index (χ1v) is 10.1. The lowest BCUT2D eigenvalue weighted by Gasteiger charge is -2.08. The number of rotatable bonds is 4. The van der Waals surface area contributed by atoms with E-state index in [1.165, 1.54) is 4.68 Å². The highest BCUT2D eigenvalue weighted by atomic mass is 16.1. The Balaban J connectivity index is 1.46. The van der Waals surface area contributed by atoms with Gasteiger partial charge >= 0.3 is 0 Å². The summed E-state index contributed by atoms with van der Waals surface area (Å²) in [4.78, 5) is 26.2. The average Bonchev–Trinajstić information content (AvgIpc) is 3.32. The number of imidazole rings is 1.